The molecule has 0 aromatic heterocycles. The highest BCUT2D eigenvalue weighted by atomic mass is 16.4. The zero-order chi connectivity index (χ0) is 32.1. The molecule has 0 unspecified atom stereocenters. The Bertz CT molecular complexity index is 1260. The number of carboxylic acid groups (broad SMARTS) is 1. The van der Waals surface area contributed by atoms with E-state index in [1.807, 2.05) is 0 Å². The van der Waals surface area contributed by atoms with Gasteiger partial charge in [-0.1, -0.05) is 24.3 Å². The number of guanidine groups is 1. The van der Waals surface area contributed by atoms with Crippen LogP contribution in [0.25, 0.3) is 0 Å². The first-order chi connectivity index (χ1) is 20.3. The molecular weight excluding hydrogens is 562 g/mol. The van der Waals surface area contributed by atoms with Crippen molar-refractivity contribution in [3.05, 3.63) is 59.7 Å². The maximum Gasteiger partial charge on any atom is 0.328 e. The molecule has 0 fully saturated rings. The second kappa shape index (κ2) is 16.5. The molecule has 2 aromatic carbocycles. The summed E-state index contributed by atoms with van der Waals surface area (Å²) in [6, 6.07) is 6.67. The van der Waals surface area contributed by atoms with Gasteiger partial charge in [0, 0.05) is 13.0 Å². The molecule has 43 heavy (non-hydrogen) atoms. The van der Waals surface area contributed by atoms with Gasteiger partial charge in [0.1, 0.15) is 23.6 Å². The first-order valence-electron chi connectivity index (χ1n) is 13.5. The van der Waals surface area contributed by atoms with E-state index in [1.54, 1.807) is 12.1 Å². The number of nitrogens with two attached hydrogens (primary N) is 3. The second-order valence-corrected chi connectivity index (χ2v) is 9.98. The van der Waals surface area contributed by atoms with Gasteiger partial charge >= 0.3 is 5.97 Å². The number of carboxylic acids is 1. The average Bonchev–Trinajstić information content (AvgIpc) is 2.94. The predicted octanol–water partition coefficient (Wildman–Crippen LogP) is -1.82. The molecule has 13 N–H and O–H groups in total. The topological polar surface area (TPSA) is 276 Å². The number of carbonyl (C=O) groups is 4. The predicted molar refractivity (Wildman–Crippen MR) is 157 cm³/mol. The van der Waals surface area contributed by atoms with Crippen molar-refractivity contribution in [1.29, 1.82) is 0 Å². The van der Waals surface area contributed by atoms with Gasteiger partial charge in [-0.2, -0.15) is 0 Å². The number of aliphatic imine (C=N–C) groups is 1. The van der Waals surface area contributed by atoms with Crippen molar-refractivity contribution in [3.63, 3.8) is 0 Å². The molecule has 0 bridgehead atoms. The molecule has 0 saturated heterocycles. The Kier molecular flexibility index (Phi) is 13.2. The Morgan fingerprint density at radius 2 is 1.28 bits per heavy atom. The van der Waals surface area contributed by atoms with Crippen molar-refractivity contribution in [2.24, 2.45) is 22.2 Å². The van der Waals surface area contributed by atoms with E-state index < -0.39 is 54.0 Å². The van der Waals surface area contributed by atoms with Crippen LogP contribution in [-0.2, 0) is 32.0 Å². The number of aliphatic hydroxyl groups is 1. The Balaban J connectivity index is 2.26. The monoisotopic (exact) mass is 601 g/mol. The van der Waals surface area contributed by atoms with Crippen molar-refractivity contribution < 1.29 is 39.6 Å². The normalized spacial score (nSPS) is 14.3. The van der Waals surface area contributed by atoms with Gasteiger partial charge in [-0.3, -0.25) is 19.4 Å². The first-order valence-corrected chi connectivity index (χ1v) is 13.5. The lowest BCUT2D eigenvalue weighted by molar-refractivity contribution is -0.145. The van der Waals surface area contributed by atoms with Crippen molar-refractivity contribution in [2.45, 2.75) is 62.9 Å². The summed E-state index contributed by atoms with van der Waals surface area (Å²) >= 11 is 0. The van der Waals surface area contributed by atoms with Crippen molar-refractivity contribution >= 4 is 29.7 Å². The maximum atomic E-state index is 13.5. The van der Waals surface area contributed by atoms with Gasteiger partial charge in [-0.05, 0) is 61.6 Å². The molecule has 0 radical (unpaired) electrons. The van der Waals surface area contributed by atoms with Crippen LogP contribution in [0.2, 0.25) is 0 Å². The fourth-order valence-electron chi connectivity index (χ4n) is 4.02. The van der Waals surface area contributed by atoms with Gasteiger partial charge in [0.25, 0.3) is 0 Å². The van der Waals surface area contributed by atoms with Crippen LogP contribution >= 0.6 is 0 Å². The van der Waals surface area contributed by atoms with Gasteiger partial charge in [0.15, 0.2) is 12.0 Å². The standard InChI is InChI=1S/C28H39N7O8/c1-15(36)23(27(42)43)35-26(41)22(14-17-6-10-19(38)11-7-17)34-25(40)21(3-2-12-32-28(30)31)33-24(39)20(29)13-16-4-8-18(37)9-5-16/h4-11,15,20-23,36-38H,2-3,12-14,29H2,1H3,(H,33,39)(H,34,40)(H,35,41)(H,42,43)(H4,30,31,32)/t15-,20+,21+,22+,23+/m1/s1. The minimum atomic E-state index is -1.65. The highest BCUT2D eigenvalue weighted by Crippen LogP contribution is 2.13. The maximum absolute atomic E-state index is 13.5. The Labute approximate surface area is 248 Å². The molecule has 2 rings (SSSR count). The van der Waals surface area contributed by atoms with Crippen LogP contribution in [-0.4, -0.2) is 86.9 Å². The number of phenols is 2. The van der Waals surface area contributed by atoms with Crippen molar-refractivity contribution in [3.8, 4) is 11.5 Å². The van der Waals surface area contributed by atoms with E-state index in [4.69, 9.17) is 17.2 Å². The second-order valence-electron chi connectivity index (χ2n) is 9.98. The van der Waals surface area contributed by atoms with E-state index >= 15 is 0 Å². The average molecular weight is 602 g/mol. The van der Waals surface area contributed by atoms with Crippen molar-refractivity contribution in [2.75, 3.05) is 6.54 Å². The number of hydrogen-bond donors (Lipinski definition) is 10. The summed E-state index contributed by atoms with van der Waals surface area (Å²) in [5, 5.41) is 45.7. The van der Waals surface area contributed by atoms with E-state index in [-0.39, 0.29) is 49.7 Å². The number of rotatable bonds is 16. The van der Waals surface area contributed by atoms with Crippen LogP contribution in [0.15, 0.2) is 53.5 Å². The lowest BCUT2D eigenvalue weighted by Crippen LogP contribution is -2.58. The van der Waals surface area contributed by atoms with E-state index in [2.05, 4.69) is 20.9 Å². The number of carbonyl (C=O) groups excluding carboxylic acids is 3. The largest absolute Gasteiger partial charge is 0.508 e. The Morgan fingerprint density at radius 1 is 0.791 bits per heavy atom. The summed E-state index contributed by atoms with van der Waals surface area (Å²) in [6.07, 6.45) is -1.13. The van der Waals surface area contributed by atoms with Crippen molar-refractivity contribution in [1.82, 2.24) is 16.0 Å². The third kappa shape index (κ3) is 11.9. The number of aliphatic hydroxyl groups excluding tert-OH is 1. The van der Waals surface area contributed by atoms with Gasteiger partial charge in [-0.15, -0.1) is 0 Å². The minimum absolute atomic E-state index is 0.0268. The van der Waals surface area contributed by atoms with E-state index in [0.29, 0.717) is 11.1 Å². The number of hydrogen-bond acceptors (Lipinski definition) is 9. The summed E-state index contributed by atoms with van der Waals surface area (Å²) in [4.78, 5) is 55.0. The fraction of sp³-hybridized carbons (Fsp3) is 0.393. The number of phenolic OH excluding ortho intramolecular Hbond substituents is 2. The number of nitrogens with zero attached hydrogens (tertiary/aromatic N) is 1. The van der Waals surface area contributed by atoms with Gasteiger partial charge in [-0.25, -0.2) is 4.79 Å². The van der Waals surface area contributed by atoms with Crippen LogP contribution in [0.3, 0.4) is 0 Å². The number of aromatic hydroxyl groups is 2. The molecule has 2 aromatic rings. The number of benzene rings is 2. The summed E-state index contributed by atoms with van der Waals surface area (Å²) in [6.45, 7) is 1.34. The highest BCUT2D eigenvalue weighted by molar-refractivity contribution is 5.94. The van der Waals surface area contributed by atoms with Crippen LogP contribution < -0.4 is 33.2 Å². The minimum Gasteiger partial charge on any atom is -0.508 e. The van der Waals surface area contributed by atoms with E-state index in [1.165, 1.54) is 43.3 Å². The third-order valence-electron chi connectivity index (χ3n) is 6.36. The molecule has 0 saturated carbocycles. The summed E-state index contributed by atoms with van der Waals surface area (Å²) < 4.78 is 0. The number of nitrogens with one attached hydrogen (secondary N) is 3. The molecule has 0 aliphatic rings. The quantitative estimate of drug-likeness (QED) is 0.0581. The lowest BCUT2D eigenvalue weighted by Gasteiger charge is -2.26. The third-order valence-corrected chi connectivity index (χ3v) is 6.36. The summed E-state index contributed by atoms with van der Waals surface area (Å²) in [5.74, 6) is -3.94. The molecule has 0 aliphatic heterocycles. The van der Waals surface area contributed by atoms with Crippen LogP contribution in [0, 0.1) is 0 Å². The molecular formula is C28H39N7O8. The zero-order valence-corrected chi connectivity index (χ0v) is 23.6. The molecule has 234 valence electrons. The number of amides is 3. The van der Waals surface area contributed by atoms with E-state index in [9.17, 15) is 39.6 Å². The molecule has 15 nitrogen and oxygen atoms in total. The molecule has 0 heterocycles. The Hall–Kier alpha value is -4.89. The smallest absolute Gasteiger partial charge is 0.328 e. The highest BCUT2D eigenvalue weighted by Gasteiger charge is 2.32. The Morgan fingerprint density at radius 3 is 1.77 bits per heavy atom. The number of aliphatic carboxylic acids is 1. The van der Waals surface area contributed by atoms with Crippen LogP contribution in [0.1, 0.15) is 30.9 Å². The van der Waals surface area contributed by atoms with Crippen LogP contribution in [0.4, 0.5) is 0 Å². The van der Waals surface area contributed by atoms with Crippen LogP contribution in [0.5, 0.6) is 11.5 Å². The molecule has 0 aliphatic carbocycles. The van der Waals surface area contributed by atoms with E-state index in [0.717, 1.165) is 0 Å². The first kappa shape index (κ1) is 34.3. The lowest BCUT2D eigenvalue weighted by atomic mass is 10.0. The zero-order valence-electron chi connectivity index (χ0n) is 23.6. The fourth-order valence-corrected chi connectivity index (χ4v) is 4.02. The molecule has 0 spiro atoms. The SMILES string of the molecule is C[C@@H](O)[C@H](NC(=O)[C@H](Cc1ccc(O)cc1)NC(=O)[C@H](CCCN=C(N)N)NC(=O)[C@@H](N)Cc1ccc(O)cc1)C(=O)O. The molecule has 5 atom stereocenters. The summed E-state index contributed by atoms with van der Waals surface area (Å²) in [7, 11) is 0. The summed E-state index contributed by atoms with van der Waals surface area (Å²) in [5.41, 5.74) is 18.0. The molecule has 15 heteroatoms. The van der Waals surface area contributed by atoms with Gasteiger partial charge in [0.2, 0.25) is 17.7 Å². The van der Waals surface area contributed by atoms with Gasteiger partial charge < -0.3 is 53.6 Å². The molecule has 3 amide bonds. The van der Waals surface area contributed by atoms with Gasteiger partial charge in [0.05, 0.1) is 12.1 Å².